The van der Waals surface area contributed by atoms with Crippen LogP contribution in [0.5, 0.6) is 5.75 Å². The van der Waals surface area contributed by atoms with Gasteiger partial charge in [-0.1, -0.05) is 18.2 Å². The van der Waals surface area contributed by atoms with E-state index in [-0.39, 0.29) is 6.04 Å². The highest BCUT2D eigenvalue weighted by Crippen LogP contribution is 2.21. The van der Waals surface area contributed by atoms with Crippen molar-refractivity contribution in [2.24, 2.45) is 5.73 Å². The first-order valence-electron chi connectivity index (χ1n) is 5.80. The second kappa shape index (κ2) is 5.84. The number of benzene rings is 1. The van der Waals surface area contributed by atoms with Crippen LogP contribution in [0.15, 0.2) is 41.8 Å². The molecule has 0 aliphatic carbocycles. The van der Waals surface area contributed by atoms with Crippen LogP contribution in [0.3, 0.4) is 0 Å². The van der Waals surface area contributed by atoms with Gasteiger partial charge in [0.15, 0.2) is 0 Å². The molecule has 0 aliphatic rings. The molecule has 90 valence electrons. The van der Waals surface area contributed by atoms with E-state index in [4.69, 9.17) is 10.5 Å². The van der Waals surface area contributed by atoms with Gasteiger partial charge in [0.05, 0.1) is 6.61 Å². The van der Waals surface area contributed by atoms with Gasteiger partial charge in [-0.2, -0.15) is 0 Å². The van der Waals surface area contributed by atoms with E-state index in [0.717, 1.165) is 17.7 Å². The molecule has 1 heterocycles. The molecule has 3 heteroatoms. The summed E-state index contributed by atoms with van der Waals surface area (Å²) in [6.45, 7) is 2.68. The van der Waals surface area contributed by atoms with Crippen molar-refractivity contribution in [2.45, 2.75) is 19.4 Å². The quantitative estimate of drug-likeness (QED) is 0.879. The van der Waals surface area contributed by atoms with Gasteiger partial charge in [0.25, 0.3) is 0 Å². The van der Waals surface area contributed by atoms with Crippen molar-refractivity contribution in [3.05, 3.63) is 52.2 Å². The van der Waals surface area contributed by atoms with Crippen molar-refractivity contribution in [3.8, 4) is 5.75 Å². The second-order valence-electron chi connectivity index (χ2n) is 3.89. The number of ether oxygens (including phenoxy) is 1. The molecule has 17 heavy (non-hydrogen) atoms. The lowest BCUT2D eigenvalue weighted by atomic mass is 10.0. The predicted octanol–water partition coefficient (Wildman–Crippen LogP) is 3.39. The SMILES string of the molecule is CCOc1ccc(C(N)Cc2cccs2)cc1. The van der Waals surface area contributed by atoms with Gasteiger partial charge >= 0.3 is 0 Å². The maximum atomic E-state index is 6.18. The average Bonchev–Trinajstić information content (AvgIpc) is 2.83. The Bertz CT molecular complexity index is 436. The fraction of sp³-hybridized carbons (Fsp3) is 0.286. The molecule has 0 saturated carbocycles. The van der Waals surface area contributed by atoms with Crippen LogP contribution in [0.2, 0.25) is 0 Å². The van der Waals surface area contributed by atoms with Crippen LogP contribution in [0, 0.1) is 0 Å². The van der Waals surface area contributed by atoms with Gasteiger partial charge in [-0.05, 0) is 36.1 Å². The largest absolute Gasteiger partial charge is 0.494 e. The Morgan fingerprint density at radius 1 is 1.24 bits per heavy atom. The van der Waals surface area contributed by atoms with Crippen LogP contribution in [0.4, 0.5) is 0 Å². The maximum absolute atomic E-state index is 6.18. The number of hydrogen-bond donors (Lipinski definition) is 1. The van der Waals surface area contributed by atoms with E-state index in [0.29, 0.717) is 6.61 Å². The summed E-state index contributed by atoms with van der Waals surface area (Å²) in [4.78, 5) is 1.33. The zero-order valence-electron chi connectivity index (χ0n) is 9.93. The molecule has 1 unspecified atom stereocenters. The highest BCUT2D eigenvalue weighted by molar-refractivity contribution is 7.09. The summed E-state index contributed by atoms with van der Waals surface area (Å²) in [7, 11) is 0. The Labute approximate surface area is 106 Å². The number of nitrogens with two attached hydrogens (primary N) is 1. The topological polar surface area (TPSA) is 35.2 Å². The minimum absolute atomic E-state index is 0.0596. The molecule has 0 fully saturated rings. The van der Waals surface area contributed by atoms with Crippen molar-refractivity contribution < 1.29 is 4.74 Å². The molecule has 0 saturated heterocycles. The summed E-state index contributed by atoms with van der Waals surface area (Å²) in [5.74, 6) is 0.902. The first-order valence-corrected chi connectivity index (χ1v) is 6.68. The molecule has 2 rings (SSSR count). The molecule has 0 amide bonds. The van der Waals surface area contributed by atoms with Gasteiger partial charge in [-0.15, -0.1) is 11.3 Å². The number of thiophene rings is 1. The normalized spacial score (nSPS) is 12.4. The standard InChI is InChI=1S/C14H17NOS/c1-2-16-12-7-5-11(6-8-12)14(15)10-13-4-3-9-17-13/h3-9,14H,2,10,15H2,1H3. The lowest BCUT2D eigenvalue weighted by molar-refractivity contribution is 0.340. The highest BCUT2D eigenvalue weighted by atomic mass is 32.1. The van der Waals surface area contributed by atoms with Gasteiger partial charge in [0.2, 0.25) is 0 Å². The third-order valence-electron chi connectivity index (χ3n) is 2.62. The molecule has 0 aliphatic heterocycles. The first-order chi connectivity index (χ1) is 8.29. The van der Waals surface area contributed by atoms with Crippen LogP contribution >= 0.6 is 11.3 Å². The van der Waals surface area contributed by atoms with Crippen LogP contribution in [-0.4, -0.2) is 6.61 Å². The van der Waals surface area contributed by atoms with E-state index in [1.165, 1.54) is 4.88 Å². The summed E-state index contributed by atoms with van der Waals surface area (Å²) in [6.07, 6.45) is 0.894. The lowest BCUT2D eigenvalue weighted by Gasteiger charge is -2.11. The van der Waals surface area contributed by atoms with Crippen molar-refractivity contribution >= 4 is 11.3 Å². The smallest absolute Gasteiger partial charge is 0.119 e. The molecule has 1 aromatic carbocycles. The fourth-order valence-corrected chi connectivity index (χ4v) is 2.51. The zero-order valence-corrected chi connectivity index (χ0v) is 10.7. The van der Waals surface area contributed by atoms with E-state index in [1.54, 1.807) is 11.3 Å². The molecule has 2 aromatic rings. The average molecular weight is 247 g/mol. The van der Waals surface area contributed by atoms with Gasteiger partial charge in [-0.3, -0.25) is 0 Å². The molecular weight excluding hydrogens is 230 g/mol. The number of hydrogen-bond acceptors (Lipinski definition) is 3. The molecular formula is C14H17NOS. The Kier molecular flexibility index (Phi) is 4.18. The van der Waals surface area contributed by atoms with Crippen LogP contribution in [-0.2, 0) is 6.42 Å². The van der Waals surface area contributed by atoms with Crippen molar-refractivity contribution in [2.75, 3.05) is 6.61 Å². The summed E-state index contributed by atoms with van der Waals surface area (Å²) >= 11 is 1.75. The predicted molar refractivity (Wildman–Crippen MR) is 72.6 cm³/mol. The maximum Gasteiger partial charge on any atom is 0.119 e. The van der Waals surface area contributed by atoms with Crippen LogP contribution in [0.1, 0.15) is 23.4 Å². The lowest BCUT2D eigenvalue weighted by Crippen LogP contribution is -2.12. The van der Waals surface area contributed by atoms with Crippen LogP contribution in [0.25, 0.3) is 0 Å². The van der Waals surface area contributed by atoms with Crippen molar-refractivity contribution in [1.29, 1.82) is 0 Å². The van der Waals surface area contributed by atoms with E-state index >= 15 is 0 Å². The second-order valence-corrected chi connectivity index (χ2v) is 4.92. The van der Waals surface area contributed by atoms with Crippen LogP contribution < -0.4 is 10.5 Å². The summed E-state index contributed by atoms with van der Waals surface area (Å²) in [5.41, 5.74) is 7.33. The Balaban J connectivity index is 2.01. The molecule has 0 bridgehead atoms. The third-order valence-corrected chi connectivity index (χ3v) is 3.52. The van der Waals surface area contributed by atoms with E-state index < -0.39 is 0 Å². The van der Waals surface area contributed by atoms with E-state index in [1.807, 2.05) is 31.2 Å². The monoisotopic (exact) mass is 247 g/mol. The highest BCUT2D eigenvalue weighted by Gasteiger charge is 2.07. The van der Waals surface area contributed by atoms with Crippen molar-refractivity contribution in [1.82, 2.24) is 0 Å². The summed E-state index contributed by atoms with van der Waals surface area (Å²) in [5, 5.41) is 2.08. The Morgan fingerprint density at radius 2 is 2.00 bits per heavy atom. The van der Waals surface area contributed by atoms with Gasteiger partial charge in [-0.25, -0.2) is 0 Å². The van der Waals surface area contributed by atoms with E-state index in [2.05, 4.69) is 17.5 Å². The van der Waals surface area contributed by atoms with Gasteiger partial charge < -0.3 is 10.5 Å². The minimum atomic E-state index is 0.0596. The Hall–Kier alpha value is -1.32. The number of rotatable bonds is 5. The molecule has 2 nitrogen and oxygen atoms in total. The zero-order chi connectivity index (χ0) is 12.1. The minimum Gasteiger partial charge on any atom is -0.494 e. The molecule has 0 radical (unpaired) electrons. The van der Waals surface area contributed by atoms with Gasteiger partial charge in [0, 0.05) is 17.3 Å². The summed E-state index contributed by atoms with van der Waals surface area (Å²) in [6, 6.07) is 12.3. The molecule has 1 atom stereocenters. The van der Waals surface area contributed by atoms with Gasteiger partial charge in [0.1, 0.15) is 5.75 Å². The molecule has 2 N–H and O–H groups in total. The van der Waals surface area contributed by atoms with E-state index in [9.17, 15) is 0 Å². The molecule has 1 aromatic heterocycles. The van der Waals surface area contributed by atoms with Crippen molar-refractivity contribution in [3.63, 3.8) is 0 Å². The Morgan fingerprint density at radius 3 is 2.59 bits per heavy atom. The third kappa shape index (κ3) is 3.32. The summed E-state index contributed by atoms with van der Waals surface area (Å²) < 4.78 is 5.41. The fourth-order valence-electron chi connectivity index (χ4n) is 1.74. The molecule has 0 spiro atoms. The first kappa shape index (κ1) is 12.1.